The third-order valence-corrected chi connectivity index (χ3v) is 3.39. The molecule has 0 amide bonds. The molecule has 0 aliphatic carbocycles. The largest absolute Gasteiger partial charge is 0.370 e. The van der Waals surface area contributed by atoms with Crippen LogP contribution in [0.2, 0.25) is 0 Å². The minimum Gasteiger partial charge on any atom is -0.370 e. The van der Waals surface area contributed by atoms with Crippen molar-refractivity contribution >= 4 is 29.9 Å². The Morgan fingerprint density at radius 2 is 1.95 bits per heavy atom. The number of nitrogens with zero attached hydrogens (tertiary/aromatic N) is 2. The van der Waals surface area contributed by atoms with Crippen LogP contribution in [0.5, 0.6) is 0 Å². The van der Waals surface area contributed by atoms with E-state index in [9.17, 15) is 0 Å². The van der Waals surface area contributed by atoms with Crippen LogP contribution in [-0.4, -0.2) is 24.2 Å². The van der Waals surface area contributed by atoms with Gasteiger partial charge in [-0.1, -0.05) is 35.5 Å². The second-order valence-corrected chi connectivity index (χ2v) is 4.98. The number of nitrogens with two attached hydrogens (primary N) is 1. The lowest BCUT2D eigenvalue weighted by Gasteiger charge is -2.05. The summed E-state index contributed by atoms with van der Waals surface area (Å²) < 4.78 is 5.12. The van der Waals surface area contributed by atoms with Gasteiger partial charge in [0.25, 0.3) is 0 Å². The van der Waals surface area contributed by atoms with E-state index in [4.69, 9.17) is 10.3 Å². The number of nitrogens with one attached hydrogen (secondary N) is 1. The molecule has 0 saturated carbocycles. The first-order valence-corrected chi connectivity index (χ1v) is 7.16. The molecule has 0 aliphatic heterocycles. The highest BCUT2D eigenvalue weighted by Crippen LogP contribution is 2.12. The maximum absolute atomic E-state index is 5.85. The Labute approximate surface area is 148 Å². The Morgan fingerprint density at radius 3 is 2.59 bits per heavy atom. The summed E-state index contributed by atoms with van der Waals surface area (Å²) >= 11 is 0. The third-order valence-electron chi connectivity index (χ3n) is 3.39. The fourth-order valence-electron chi connectivity index (χ4n) is 2.18. The molecular weight excluding hydrogens is 391 g/mol. The maximum Gasteiger partial charge on any atom is 0.188 e. The smallest absolute Gasteiger partial charge is 0.188 e. The van der Waals surface area contributed by atoms with Gasteiger partial charge in [0.05, 0.1) is 5.69 Å². The lowest BCUT2D eigenvalue weighted by atomic mass is 10.1. The first-order valence-electron chi connectivity index (χ1n) is 7.16. The van der Waals surface area contributed by atoms with E-state index >= 15 is 0 Å². The van der Waals surface area contributed by atoms with Crippen LogP contribution >= 0.6 is 24.0 Å². The van der Waals surface area contributed by atoms with E-state index in [1.54, 1.807) is 0 Å². The number of aromatic nitrogens is 1. The standard InChI is InChI=1S/C16H22N4O.HI/c1-12-15(13(2)21-20-12)9-11-19-16(17)18-10-8-14-6-4-3-5-7-14;/h3-7H,8-11H2,1-2H3,(H3,17,18,19);1H. The van der Waals surface area contributed by atoms with Gasteiger partial charge in [0.15, 0.2) is 5.96 Å². The lowest BCUT2D eigenvalue weighted by Crippen LogP contribution is -2.33. The van der Waals surface area contributed by atoms with E-state index in [1.165, 1.54) is 5.56 Å². The summed E-state index contributed by atoms with van der Waals surface area (Å²) in [5.74, 6) is 1.34. The molecule has 0 bridgehead atoms. The van der Waals surface area contributed by atoms with Crippen LogP contribution in [0.1, 0.15) is 22.6 Å². The summed E-state index contributed by atoms with van der Waals surface area (Å²) in [6.45, 7) is 5.27. The number of halogens is 1. The molecule has 1 heterocycles. The van der Waals surface area contributed by atoms with E-state index in [1.807, 2.05) is 32.0 Å². The quantitative estimate of drug-likeness (QED) is 0.433. The fraction of sp³-hybridized carbons (Fsp3) is 0.375. The minimum absolute atomic E-state index is 0. The van der Waals surface area contributed by atoms with Crippen LogP contribution in [0, 0.1) is 13.8 Å². The van der Waals surface area contributed by atoms with Gasteiger partial charge in [-0.3, -0.25) is 4.99 Å². The number of benzene rings is 1. The van der Waals surface area contributed by atoms with Crippen molar-refractivity contribution in [1.82, 2.24) is 10.5 Å². The number of guanidine groups is 1. The zero-order valence-corrected chi connectivity index (χ0v) is 15.3. The fourth-order valence-corrected chi connectivity index (χ4v) is 2.18. The summed E-state index contributed by atoms with van der Waals surface area (Å²) in [6, 6.07) is 10.3. The summed E-state index contributed by atoms with van der Waals surface area (Å²) in [5.41, 5.74) is 9.19. The van der Waals surface area contributed by atoms with Gasteiger partial charge in [-0.05, 0) is 32.3 Å². The van der Waals surface area contributed by atoms with Crippen LogP contribution in [0.25, 0.3) is 0 Å². The Bertz CT molecular complexity index is 576. The molecular formula is C16H23IN4O. The summed E-state index contributed by atoms with van der Waals surface area (Å²) in [4.78, 5) is 4.33. The van der Waals surface area contributed by atoms with Crippen molar-refractivity contribution in [3.05, 3.63) is 52.9 Å². The second-order valence-electron chi connectivity index (χ2n) is 4.98. The number of rotatable bonds is 6. The molecule has 0 radical (unpaired) electrons. The second kappa shape index (κ2) is 9.45. The molecule has 0 unspecified atom stereocenters. The van der Waals surface area contributed by atoms with Crippen molar-refractivity contribution in [3.63, 3.8) is 0 Å². The molecule has 0 spiro atoms. The van der Waals surface area contributed by atoms with E-state index in [0.29, 0.717) is 12.5 Å². The molecule has 2 aromatic rings. The van der Waals surface area contributed by atoms with Crippen LogP contribution in [0.3, 0.4) is 0 Å². The SMILES string of the molecule is Cc1noc(C)c1CCN=C(N)NCCc1ccccc1.I. The average molecular weight is 414 g/mol. The molecule has 3 N–H and O–H groups in total. The van der Waals surface area contributed by atoms with Crippen LogP contribution in [0.15, 0.2) is 39.8 Å². The number of aryl methyl sites for hydroxylation is 2. The topological polar surface area (TPSA) is 76.4 Å². The Balaban J connectivity index is 0.00000242. The zero-order valence-electron chi connectivity index (χ0n) is 13.0. The molecule has 2 rings (SSSR count). The first-order chi connectivity index (χ1) is 10.2. The molecule has 1 aromatic heterocycles. The zero-order chi connectivity index (χ0) is 15.1. The summed E-state index contributed by atoms with van der Waals surface area (Å²) in [7, 11) is 0. The highest BCUT2D eigenvalue weighted by atomic mass is 127. The molecule has 22 heavy (non-hydrogen) atoms. The molecule has 0 saturated heterocycles. The van der Waals surface area contributed by atoms with Crippen molar-refractivity contribution in [1.29, 1.82) is 0 Å². The van der Waals surface area contributed by atoms with Gasteiger partial charge in [0.2, 0.25) is 0 Å². The van der Waals surface area contributed by atoms with Crippen LogP contribution < -0.4 is 11.1 Å². The Hall–Kier alpha value is -1.57. The number of hydrogen-bond donors (Lipinski definition) is 2. The first kappa shape index (κ1) is 18.5. The number of aliphatic imine (C=N–C) groups is 1. The summed E-state index contributed by atoms with van der Waals surface area (Å²) in [5, 5.41) is 7.06. The van der Waals surface area contributed by atoms with E-state index in [2.05, 4.69) is 27.6 Å². The highest BCUT2D eigenvalue weighted by Gasteiger charge is 2.07. The van der Waals surface area contributed by atoms with E-state index in [0.717, 1.165) is 36.4 Å². The van der Waals surface area contributed by atoms with Gasteiger partial charge in [0, 0.05) is 18.7 Å². The van der Waals surface area contributed by atoms with E-state index in [-0.39, 0.29) is 24.0 Å². The van der Waals surface area contributed by atoms with Gasteiger partial charge < -0.3 is 15.6 Å². The van der Waals surface area contributed by atoms with Gasteiger partial charge in [-0.15, -0.1) is 24.0 Å². The molecule has 6 heteroatoms. The molecule has 0 fully saturated rings. The monoisotopic (exact) mass is 414 g/mol. The summed E-state index contributed by atoms with van der Waals surface area (Å²) in [6.07, 6.45) is 1.73. The van der Waals surface area contributed by atoms with Crippen LogP contribution in [-0.2, 0) is 12.8 Å². The molecule has 0 aliphatic rings. The molecule has 5 nitrogen and oxygen atoms in total. The number of hydrogen-bond acceptors (Lipinski definition) is 3. The van der Waals surface area contributed by atoms with Crippen molar-refractivity contribution in [2.24, 2.45) is 10.7 Å². The van der Waals surface area contributed by atoms with E-state index < -0.39 is 0 Å². The van der Waals surface area contributed by atoms with Gasteiger partial charge in [0.1, 0.15) is 5.76 Å². The molecule has 120 valence electrons. The predicted octanol–water partition coefficient (Wildman–Crippen LogP) is 2.60. The van der Waals surface area contributed by atoms with Gasteiger partial charge in [-0.2, -0.15) is 0 Å². The predicted molar refractivity (Wildman–Crippen MR) is 99.7 cm³/mol. The highest BCUT2D eigenvalue weighted by molar-refractivity contribution is 14.0. The molecule has 0 atom stereocenters. The lowest BCUT2D eigenvalue weighted by molar-refractivity contribution is 0.392. The molecule has 1 aromatic carbocycles. The Morgan fingerprint density at radius 1 is 1.23 bits per heavy atom. The van der Waals surface area contributed by atoms with Crippen molar-refractivity contribution in [2.45, 2.75) is 26.7 Å². The van der Waals surface area contributed by atoms with Crippen molar-refractivity contribution in [2.75, 3.05) is 13.1 Å². The Kier molecular flexibility index (Phi) is 7.94. The normalized spacial score (nSPS) is 11.1. The third kappa shape index (κ3) is 5.67. The average Bonchev–Trinajstić information content (AvgIpc) is 2.80. The maximum atomic E-state index is 5.85. The minimum atomic E-state index is 0. The van der Waals surface area contributed by atoms with Gasteiger partial charge in [-0.25, -0.2) is 0 Å². The van der Waals surface area contributed by atoms with Crippen molar-refractivity contribution in [3.8, 4) is 0 Å². The van der Waals surface area contributed by atoms with Gasteiger partial charge >= 0.3 is 0 Å². The van der Waals surface area contributed by atoms with Crippen molar-refractivity contribution < 1.29 is 4.52 Å². The van der Waals surface area contributed by atoms with Crippen LogP contribution in [0.4, 0.5) is 0 Å².